The second-order valence-corrected chi connectivity index (χ2v) is 5.69. The van der Waals surface area contributed by atoms with Crippen molar-refractivity contribution in [1.82, 2.24) is 15.3 Å². The number of primary amides is 1. The van der Waals surface area contributed by atoms with Crippen LogP contribution in [0.1, 0.15) is 50.9 Å². The van der Waals surface area contributed by atoms with Crippen LogP contribution in [0.2, 0.25) is 0 Å². The Bertz CT molecular complexity index is 743. The summed E-state index contributed by atoms with van der Waals surface area (Å²) in [6, 6.07) is 1.98. The van der Waals surface area contributed by atoms with E-state index in [9.17, 15) is 22.8 Å². The molecule has 10 heteroatoms. The van der Waals surface area contributed by atoms with Gasteiger partial charge in [0.1, 0.15) is 10.7 Å². The number of carbonyl (C=O) groups is 2. The highest BCUT2D eigenvalue weighted by atomic mass is 32.1. The van der Waals surface area contributed by atoms with Crippen molar-refractivity contribution >= 4 is 23.2 Å². The van der Waals surface area contributed by atoms with E-state index in [1.807, 2.05) is 0 Å². The van der Waals surface area contributed by atoms with E-state index in [-0.39, 0.29) is 16.3 Å². The number of alkyl halides is 3. The molecule has 6 nitrogen and oxygen atoms in total. The third-order valence-corrected chi connectivity index (χ3v) is 4.06. The van der Waals surface area contributed by atoms with Crippen LogP contribution in [0.4, 0.5) is 13.2 Å². The van der Waals surface area contributed by atoms with E-state index in [0.29, 0.717) is 6.42 Å². The third-order valence-electron chi connectivity index (χ3n) is 3.10. The highest BCUT2D eigenvalue weighted by Gasteiger charge is 2.34. The molecule has 0 radical (unpaired) electrons. The summed E-state index contributed by atoms with van der Waals surface area (Å²) in [6.45, 7) is 1.71. The van der Waals surface area contributed by atoms with Crippen LogP contribution in [0.25, 0.3) is 0 Å². The molecule has 0 aliphatic carbocycles. The van der Waals surface area contributed by atoms with E-state index in [2.05, 4.69) is 15.3 Å². The predicted molar refractivity (Wildman–Crippen MR) is 80.4 cm³/mol. The van der Waals surface area contributed by atoms with Gasteiger partial charge in [0.15, 0.2) is 5.69 Å². The lowest BCUT2D eigenvalue weighted by molar-refractivity contribution is -0.140. The average molecular weight is 358 g/mol. The van der Waals surface area contributed by atoms with Crippen molar-refractivity contribution in [2.75, 3.05) is 0 Å². The minimum absolute atomic E-state index is 0.0195. The minimum atomic E-state index is -4.52. The summed E-state index contributed by atoms with van der Waals surface area (Å²) in [5.41, 5.74) is 4.26. The number of nitrogens with zero attached hydrogens (tertiary/aromatic N) is 2. The molecule has 1 unspecified atom stereocenters. The molecule has 3 N–H and O–H groups in total. The molecular weight excluding hydrogens is 345 g/mol. The lowest BCUT2D eigenvalue weighted by Crippen LogP contribution is -2.29. The summed E-state index contributed by atoms with van der Waals surface area (Å²) in [6.07, 6.45) is -3.01. The quantitative estimate of drug-likeness (QED) is 0.858. The van der Waals surface area contributed by atoms with Gasteiger partial charge < -0.3 is 11.1 Å². The zero-order valence-electron chi connectivity index (χ0n) is 12.4. The first-order chi connectivity index (χ1) is 11.2. The second kappa shape index (κ2) is 6.95. The van der Waals surface area contributed by atoms with Crippen molar-refractivity contribution < 1.29 is 22.8 Å². The molecule has 2 heterocycles. The van der Waals surface area contributed by atoms with Gasteiger partial charge in [-0.2, -0.15) is 13.2 Å². The first-order valence-corrected chi connectivity index (χ1v) is 7.69. The molecule has 0 fully saturated rings. The lowest BCUT2D eigenvalue weighted by Gasteiger charge is -2.14. The Kier molecular flexibility index (Phi) is 5.17. The van der Waals surface area contributed by atoms with Crippen LogP contribution in [0, 0.1) is 0 Å². The van der Waals surface area contributed by atoms with E-state index in [1.165, 1.54) is 12.1 Å². The van der Waals surface area contributed by atoms with Crippen LogP contribution in [-0.2, 0) is 6.18 Å². The van der Waals surface area contributed by atoms with Crippen molar-refractivity contribution in [3.05, 3.63) is 45.7 Å². The summed E-state index contributed by atoms with van der Waals surface area (Å²) in [7, 11) is 0. The molecule has 0 aliphatic heterocycles. The topological polar surface area (TPSA) is 98.0 Å². The molecule has 2 rings (SSSR count). The molecule has 0 spiro atoms. The van der Waals surface area contributed by atoms with E-state index in [0.717, 1.165) is 22.9 Å². The van der Waals surface area contributed by atoms with Gasteiger partial charge in [-0.15, -0.1) is 11.3 Å². The Balaban J connectivity index is 2.13. The zero-order chi connectivity index (χ0) is 17.9. The number of pyridine rings is 1. The number of aromatic nitrogens is 2. The number of amides is 2. The summed E-state index contributed by atoms with van der Waals surface area (Å²) in [5, 5.41) is 3.64. The molecule has 1 atom stereocenters. The van der Waals surface area contributed by atoms with Crippen molar-refractivity contribution in [2.45, 2.75) is 25.6 Å². The standard InChI is InChI=1S/C14H13F3N4O2S/c1-2-8(13-21-10(6-24-13)14(15,16)17)20-12(23)9-4-3-7(5-19-9)11(18)22/h3-6,8H,2H2,1H3,(H2,18,22)(H,20,23). The molecule has 2 aromatic rings. The van der Waals surface area contributed by atoms with Crippen molar-refractivity contribution in [3.63, 3.8) is 0 Å². The van der Waals surface area contributed by atoms with Gasteiger partial charge in [0.25, 0.3) is 5.91 Å². The number of hydrogen-bond donors (Lipinski definition) is 2. The van der Waals surface area contributed by atoms with Gasteiger partial charge in [0.05, 0.1) is 11.6 Å². The normalized spacial score (nSPS) is 12.7. The average Bonchev–Trinajstić information content (AvgIpc) is 3.02. The molecule has 2 aromatic heterocycles. The number of carbonyl (C=O) groups excluding carboxylic acids is 2. The van der Waals surface area contributed by atoms with E-state index in [4.69, 9.17) is 5.73 Å². The van der Waals surface area contributed by atoms with Crippen LogP contribution < -0.4 is 11.1 Å². The van der Waals surface area contributed by atoms with Crippen molar-refractivity contribution in [3.8, 4) is 0 Å². The number of nitrogens with one attached hydrogen (secondary N) is 1. The van der Waals surface area contributed by atoms with E-state index >= 15 is 0 Å². The Morgan fingerprint density at radius 1 is 1.38 bits per heavy atom. The first-order valence-electron chi connectivity index (χ1n) is 6.81. The van der Waals surface area contributed by atoms with Gasteiger partial charge in [-0.3, -0.25) is 14.6 Å². The van der Waals surface area contributed by atoms with Gasteiger partial charge in [0.2, 0.25) is 5.91 Å². The number of rotatable bonds is 5. The molecule has 0 aliphatic rings. The number of nitrogens with two attached hydrogens (primary N) is 1. The van der Waals surface area contributed by atoms with Gasteiger partial charge in [-0.05, 0) is 18.6 Å². The maximum Gasteiger partial charge on any atom is 0.434 e. The fraction of sp³-hybridized carbons (Fsp3) is 0.286. The predicted octanol–water partition coefficient (Wildman–Crippen LogP) is 2.54. The summed E-state index contributed by atoms with van der Waals surface area (Å²) in [4.78, 5) is 30.4. The molecule has 0 saturated carbocycles. The molecule has 0 aromatic carbocycles. The Labute approximate surface area is 138 Å². The second-order valence-electron chi connectivity index (χ2n) is 4.80. The summed E-state index contributed by atoms with van der Waals surface area (Å²) >= 11 is 0.825. The largest absolute Gasteiger partial charge is 0.434 e. The van der Waals surface area contributed by atoms with Crippen LogP contribution in [0.5, 0.6) is 0 Å². The Hall–Kier alpha value is -2.49. The van der Waals surface area contributed by atoms with Gasteiger partial charge in [-0.25, -0.2) is 4.98 Å². The fourth-order valence-electron chi connectivity index (χ4n) is 1.82. The van der Waals surface area contributed by atoms with E-state index < -0.39 is 29.7 Å². The zero-order valence-corrected chi connectivity index (χ0v) is 13.2. The molecule has 128 valence electrons. The number of halogens is 3. The number of thiazole rings is 1. The number of hydrogen-bond acceptors (Lipinski definition) is 5. The third kappa shape index (κ3) is 4.07. The smallest absolute Gasteiger partial charge is 0.366 e. The van der Waals surface area contributed by atoms with Crippen molar-refractivity contribution in [1.29, 1.82) is 0 Å². The van der Waals surface area contributed by atoms with Gasteiger partial charge in [0, 0.05) is 11.6 Å². The maximum atomic E-state index is 12.6. The summed E-state index contributed by atoms with van der Waals surface area (Å²) in [5.74, 6) is -1.26. The molecule has 2 amide bonds. The molecule has 0 bridgehead atoms. The Morgan fingerprint density at radius 3 is 2.54 bits per heavy atom. The van der Waals surface area contributed by atoms with Crippen molar-refractivity contribution in [2.24, 2.45) is 5.73 Å². The summed E-state index contributed by atoms with van der Waals surface area (Å²) < 4.78 is 37.8. The van der Waals surface area contributed by atoms with Crippen LogP contribution >= 0.6 is 11.3 Å². The van der Waals surface area contributed by atoms with Crippen LogP contribution in [0.15, 0.2) is 23.7 Å². The SMILES string of the molecule is CCC(NC(=O)c1ccc(C(N)=O)cn1)c1nc(C(F)(F)F)cs1. The highest BCUT2D eigenvalue weighted by Crippen LogP contribution is 2.32. The fourth-order valence-corrected chi connectivity index (χ4v) is 2.78. The minimum Gasteiger partial charge on any atom is -0.366 e. The van der Waals surface area contributed by atoms with E-state index in [1.54, 1.807) is 6.92 Å². The lowest BCUT2D eigenvalue weighted by atomic mass is 10.2. The first kappa shape index (κ1) is 17.9. The highest BCUT2D eigenvalue weighted by molar-refractivity contribution is 7.09. The van der Waals surface area contributed by atoms with Crippen LogP contribution in [0.3, 0.4) is 0 Å². The molecule has 0 saturated heterocycles. The monoisotopic (exact) mass is 358 g/mol. The van der Waals surface area contributed by atoms with Gasteiger partial charge in [-0.1, -0.05) is 6.92 Å². The Morgan fingerprint density at radius 2 is 2.08 bits per heavy atom. The molecular formula is C14H13F3N4O2S. The van der Waals surface area contributed by atoms with Crippen LogP contribution in [-0.4, -0.2) is 21.8 Å². The van der Waals surface area contributed by atoms with Gasteiger partial charge >= 0.3 is 6.18 Å². The maximum absolute atomic E-state index is 12.6. The molecule has 24 heavy (non-hydrogen) atoms.